The summed E-state index contributed by atoms with van der Waals surface area (Å²) in [6.45, 7) is 4.79. The van der Waals surface area contributed by atoms with E-state index >= 15 is 0 Å². The minimum absolute atomic E-state index is 0.185. The van der Waals surface area contributed by atoms with Gasteiger partial charge in [-0.1, -0.05) is 25.5 Å². The van der Waals surface area contributed by atoms with Crippen molar-refractivity contribution in [3.8, 4) is 6.07 Å². The second kappa shape index (κ2) is 13.6. The van der Waals surface area contributed by atoms with E-state index in [1.54, 1.807) is 37.3 Å². The van der Waals surface area contributed by atoms with Crippen molar-refractivity contribution in [1.82, 2.24) is 10.6 Å². The fourth-order valence-corrected chi connectivity index (χ4v) is 2.09. The summed E-state index contributed by atoms with van der Waals surface area (Å²) in [5.74, 6) is -1.22. The summed E-state index contributed by atoms with van der Waals surface area (Å²) < 4.78 is 9.89. The van der Waals surface area contributed by atoms with Crippen LogP contribution >= 0.6 is 0 Å². The molecular weight excluding hydrogens is 376 g/mol. The van der Waals surface area contributed by atoms with Crippen molar-refractivity contribution in [2.45, 2.75) is 26.7 Å². The lowest BCUT2D eigenvalue weighted by molar-refractivity contribution is -0.112. The van der Waals surface area contributed by atoms with Crippen molar-refractivity contribution in [1.29, 1.82) is 5.26 Å². The van der Waals surface area contributed by atoms with Gasteiger partial charge in [0.15, 0.2) is 0 Å². The number of hydrogen-bond acceptors (Lipinski definition) is 7. The van der Waals surface area contributed by atoms with Crippen LogP contribution in [0.2, 0.25) is 0 Å². The summed E-state index contributed by atoms with van der Waals surface area (Å²) in [5.41, 5.74) is 0.278. The number of alkyl carbamates (subject to hydrolysis) is 1. The predicted molar refractivity (Wildman–Crippen MR) is 107 cm³/mol. The molecule has 0 aromatic heterocycles. The summed E-state index contributed by atoms with van der Waals surface area (Å²) in [5, 5.41) is 17.0. The number of esters is 1. The first kappa shape index (κ1) is 23.5. The largest absolute Gasteiger partial charge is 0.462 e. The number of nitriles is 1. The first-order chi connectivity index (χ1) is 14.0. The lowest BCUT2D eigenvalue weighted by Gasteiger charge is -2.10. The van der Waals surface area contributed by atoms with Crippen LogP contribution < -0.4 is 16.0 Å². The standard InChI is InChI=1S/C20H26N4O5/c1-3-5-12-29-19(26)16-8-6-7-9-17(16)24-18(25)15(13-21)14-22-10-11-23-20(27)28-4-2/h6-9,14,22H,3-5,10-12H2,1-2H3,(H,23,27)(H,24,25)/b15-14-. The molecule has 9 heteroatoms. The molecule has 0 unspecified atom stereocenters. The molecule has 0 heterocycles. The summed E-state index contributed by atoms with van der Waals surface area (Å²) in [4.78, 5) is 35.7. The van der Waals surface area contributed by atoms with Crippen molar-refractivity contribution in [3.63, 3.8) is 0 Å². The number of para-hydroxylation sites is 1. The SMILES string of the molecule is CCCCOC(=O)c1ccccc1NC(=O)/C(C#N)=C\NCCNC(=O)OCC. The number of nitrogens with zero attached hydrogens (tertiary/aromatic N) is 1. The highest BCUT2D eigenvalue weighted by molar-refractivity contribution is 6.09. The van der Waals surface area contributed by atoms with Crippen LogP contribution in [0.3, 0.4) is 0 Å². The van der Waals surface area contributed by atoms with Gasteiger partial charge in [-0.3, -0.25) is 4.79 Å². The van der Waals surface area contributed by atoms with Crippen LogP contribution in [0.25, 0.3) is 0 Å². The molecule has 0 saturated carbocycles. The average Bonchev–Trinajstić information content (AvgIpc) is 2.71. The van der Waals surface area contributed by atoms with Crippen LogP contribution in [0.5, 0.6) is 0 Å². The Hall–Kier alpha value is -3.54. The van der Waals surface area contributed by atoms with E-state index in [4.69, 9.17) is 9.47 Å². The maximum absolute atomic E-state index is 12.4. The third-order valence-electron chi connectivity index (χ3n) is 3.55. The third kappa shape index (κ3) is 8.79. The molecule has 0 aliphatic rings. The van der Waals surface area contributed by atoms with Crippen LogP contribution in [0, 0.1) is 11.3 Å². The Morgan fingerprint density at radius 2 is 1.90 bits per heavy atom. The Labute approximate surface area is 170 Å². The van der Waals surface area contributed by atoms with Gasteiger partial charge in [0.25, 0.3) is 5.91 Å². The van der Waals surface area contributed by atoms with Gasteiger partial charge >= 0.3 is 12.1 Å². The Bertz CT molecular complexity index is 770. The Balaban J connectivity index is 2.65. The highest BCUT2D eigenvalue weighted by Crippen LogP contribution is 2.17. The van der Waals surface area contributed by atoms with E-state index in [1.807, 2.05) is 6.92 Å². The number of unbranched alkanes of at least 4 members (excludes halogenated alkanes) is 1. The van der Waals surface area contributed by atoms with Gasteiger partial charge in [-0.2, -0.15) is 5.26 Å². The molecule has 9 nitrogen and oxygen atoms in total. The molecule has 1 aromatic rings. The van der Waals surface area contributed by atoms with E-state index in [9.17, 15) is 19.6 Å². The first-order valence-electron chi connectivity index (χ1n) is 9.35. The maximum Gasteiger partial charge on any atom is 0.407 e. The number of amides is 2. The number of carbonyl (C=O) groups is 3. The van der Waals surface area contributed by atoms with Gasteiger partial charge in [-0.15, -0.1) is 0 Å². The quantitative estimate of drug-likeness (QED) is 0.224. The number of anilines is 1. The molecule has 0 bridgehead atoms. The van der Waals surface area contributed by atoms with Crippen LogP contribution in [0.4, 0.5) is 10.5 Å². The minimum Gasteiger partial charge on any atom is -0.462 e. The normalized spacial score (nSPS) is 10.4. The highest BCUT2D eigenvalue weighted by Gasteiger charge is 2.16. The number of hydrogen-bond donors (Lipinski definition) is 3. The van der Waals surface area contributed by atoms with E-state index < -0.39 is 18.0 Å². The molecule has 156 valence electrons. The van der Waals surface area contributed by atoms with E-state index in [-0.39, 0.29) is 36.5 Å². The fourth-order valence-electron chi connectivity index (χ4n) is 2.09. The molecule has 29 heavy (non-hydrogen) atoms. The molecule has 0 spiro atoms. The molecule has 0 saturated heterocycles. The van der Waals surface area contributed by atoms with E-state index in [0.717, 1.165) is 12.8 Å². The molecule has 0 radical (unpaired) electrons. The van der Waals surface area contributed by atoms with E-state index in [1.165, 1.54) is 6.20 Å². The average molecular weight is 402 g/mol. The molecule has 0 aliphatic carbocycles. The van der Waals surface area contributed by atoms with Gasteiger partial charge < -0.3 is 25.4 Å². The maximum atomic E-state index is 12.4. The fraction of sp³-hybridized carbons (Fsp3) is 0.400. The zero-order valence-electron chi connectivity index (χ0n) is 16.6. The minimum atomic E-state index is -0.674. The van der Waals surface area contributed by atoms with E-state index in [2.05, 4.69) is 16.0 Å². The first-order valence-corrected chi connectivity index (χ1v) is 9.35. The van der Waals surface area contributed by atoms with Crippen LogP contribution in [-0.4, -0.2) is 44.3 Å². The Morgan fingerprint density at radius 1 is 1.14 bits per heavy atom. The molecule has 1 aromatic carbocycles. The Morgan fingerprint density at radius 3 is 2.59 bits per heavy atom. The van der Waals surface area contributed by atoms with Crippen molar-refractivity contribution in [3.05, 3.63) is 41.6 Å². The number of carbonyl (C=O) groups excluding carboxylic acids is 3. The number of ether oxygens (including phenoxy) is 2. The van der Waals surface area contributed by atoms with Crippen LogP contribution in [0.15, 0.2) is 36.0 Å². The molecule has 3 N–H and O–H groups in total. The predicted octanol–water partition coefficient (Wildman–Crippen LogP) is 2.33. The number of rotatable bonds is 11. The second-order valence-corrected chi connectivity index (χ2v) is 5.76. The molecule has 2 amide bonds. The van der Waals surface area contributed by atoms with Gasteiger partial charge in [0.05, 0.1) is 24.5 Å². The van der Waals surface area contributed by atoms with Crippen molar-refractivity contribution < 1.29 is 23.9 Å². The van der Waals surface area contributed by atoms with Crippen molar-refractivity contribution >= 4 is 23.7 Å². The highest BCUT2D eigenvalue weighted by atomic mass is 16.5. The van der Waals surface area contributed by atoms with E-state index in [0.29, 0.717) is 6.61 Å². The molecule has 0 aliphatic heterocycles. The molecular formula is C20H26N4O5. The van der Waals surface area contributed by atoms with Crippen LogP contribution in [-0.2, 0) is 14.3 Å². The van der Waals surface area contributed by atoms with Gasteiger partial charge in [0.2, 0.25) is 0 Å². The van der Waals surface area contributed by atoms with Crippen molar-refractivity contribution in [2.75, 3.05) is 31.6 Å². The zero-order valence-corrected chi connectivity index (χ0v) is 16.6. The van der Waals surface area contributed by atoms with Gasteiger partial charge in [0.1, 0.15) is 11.6 Å². The second-order valence-electron chi connectivity index (χ2n) is 5.76. The monoisotopic (exact) mass is 402 g/mol. The summed E-state index contributed by atoms with van der Waals surface area (Å²) in [6.07, 6.45) is 2.34. The lowest BCUT2D eigenvalue weighted by atomic mass is 10.1. The smallest absolute Gasteiger partial charge is 0.407 e. The van der Waals surface area contributed by atoms with Crippen LogP contribution in [0.1, 0.15) is 37.0 Å². The van der Waals surface area contributed by atoms with Gasteiger partial charge in [-0.25, -0.2) is 9.59 Å². The molecule has 0 atom stereocenters. The third-order valence-corrected chi connectivity index (χ3v) is 3.55. The lowest BCUT2D eigenvalue weighted by Crippen LogP contribution is -2.31. The van der Waals surface area contributed by atoms with Gasteiger partial charge in [-0.05, 0) is 25.5 Å². The summed E-state index contributed by atoms with van der Waals surface area (Å²) in [6, 6.07) is 8.21. The summed E-state index contributed by atoms with van der Waals surface area (Å²) >= 11 is 0. The number of benzene rings is 1. The zero-order chi connectivity index (χ0) is 21.5. The molecule has 0 fully saturated rings. The van der Waals surface area contributed by atoms with Gasteiger partial charge in [0, 0.05) is 19.3 Å². The Kier molecular flexibility index (Phi) is 11.0. The topological polar surface area (TPSA) is 130 Å². The molecule has 1 rings (SSSR count). The number of nitrogens with one attached hydrogen (secondary N) is 3. The summed E-state index contributed by atoms with van der Waals surface area (Å²) in [7, 11) is 0. The van der Waals surface area contributed by atoms with Crippen molar-refractivity contribution in [2.24, 2.45) is 0 Å².